The monoisotopic (exact) mass is 416 g/mol. The van der Waals surface area contributed by atoms with Crippen molar-refractivity contribution in [2.75, 3.05) is 10.0 Å². The minimum Gasteiger partial charge on any atom is -0.366 e. The number of rotatable bonds is 7. The van der Waals surface area contributed by atoms with Crippen molar-refractivity contribution in [2.45, 2.75) is 11.3 Å². The lowest BCUT2D eigenvalue weighted by molar-refractivity contribution is -0.115. The summed E-state index contributed by atoms with van der Waals surface area (Å²) in [4.78, 5) is 27.5. The van der Waals surface area contributed by atoms with E-state index in [1.807, 2.05) is 0 Å². The topological polar surface area (TPSA) is 131 Å². The predicted octanol–water partition coefficient (Wildman–Crippen LogP) is 2.22. The van der Waals surface area contributed by atoms with Crippen LogP contribution in [0.5, 0.6) is 0 Å². The molecule has 4 N–H and O–H groups in total. The molecule has 0 fully saturated rings. The predicted molar refractivity (Wildman–Crippen MR) is 107 cm³/mol. The smallest absolute Gasteiger partial charge is 0.263 e. The molecule has 10 heteroatoms. The third kappa shape index (κ3) is 4.93. The zero-order chi connectivity index (χ0) is 20.1. The minimum atomic E-state index is -3.73. The van der Waals surface area contributed by atoms with Crippen LogP contribution in [0.25, 0.3) is 0 Å². The van der Waals surface area contributed by atoms with E-state index in [-0.39, 0.29) is 22.4 Å². The molecule has 0 saturated heterocycles. The maximum Gasteiger partial charge on any atom is 0.263 e. The summed E-state index contributed by atoms with van der Waals surface area (Å²) in [5.41, 5.74) is 6.45. The summed E-state index contributed by atoms with van der Waals surface area (Å²) in [5, 5.41) is 4.46. The molecule has 0 unspecified atom stereocenters. The van der Waals surface area contributed by atoms with E-state index in [0.717, 1.165) is 11.3 Å². The Bertz CT molecular complexity index is 1090. The van der Waals surface area contributed by atoms with Crippen LogP contribution in [0.1, 0.15) is 16.1 Å². The number of hydrogen-bond acceptors (Lipinski definition) is 6. The number of hydrogen-bond donors (Lipinski definition) is 3. The third-order valence-corrected chi connectivity index (χ3v) is 5.91. The molecule has 1 aromatic heterocycles. The molecule has 0 atom stereocenters. The third-order valence-electron chi connectivity index (χ3n) is 3.62. The first kappa shape index (κ1) is 19.5. The molecule has 144 valence electrons. The summed E-state index contributed by atoms with van der Waals surface area (Å²) in [6.07, 6.45) is -0.0267. The Morgan fingerprint density at radius 3 is 2.36 bits per heavy atom. The van der Waals surface area contributed by atoms with Crippen LogP contribution in [0.3, 0.4) is 0 Å². The van der Waals surface area contributed by atoms with Gasteiger partial charge in [0.25, 0.3) is 10.0 Å². The molecule has 0 bridgehead atoms. The van der Waals surface area contributed by atoms with Gasteiger partial charge in [-0.1, -0.05) is 18.2 Å². The lowest BCUT2D eigenvalue weighted by atomic mass is 10.2. The number of carbonyl (C=O) groups is 2. The summed E-state index contributed by atoms with van der Waals surface area (Å²) >= 11 is 1.09. The van der Waals surface area contributed by atoms with Gasteiger partial charge in [-0.2, -0.15) is 0 Å². The zero-order valence-corrected chi connectivity index (χ0v) is 16.1. The second-order valence-corrected chi connectivity index (χ2v) is 8.27. The van der Waals surface area contributed by atoms with E-state index < -0.39 is 15.9 Å². The molecule has 1 heterocycles. The molecule has 8 nitrogen and oxygen atoms in total. The Morgan fingerprint density at radius 1 is 1.04 bits per heavy atom. The average Bonchev–Trinajstić information content (AvgIpc) is 3.08. The quantitative estimate of drug-likeness (QED) is 0.543. The van der Waals surface area contributed by atoms with Gasteiger partial charge in [0.15, 0.2) is 5.13 Å². The van der Waals surface area contributed by atoms with Gasteiger partial charge >= 0.3 is 0 Å². The largest absolute Gasteiger partial charge is 0.366 e. The Labute approximate surface area is 165 Å². The van der Waals surface area contributed by atoms with Gasteiger partial charge in [0.05, 0.1) is 17.0 Å². The molecule has 0 aliphatic rings. The van der Waals surface area contributed by atoms with Crippen molar-refractivity contribution in [2.24, 2.45) is 5.73 Å². The zero-order valence-electron chi connectivity index (χ0n) is 14.5. The van der Waals surface area contributed by atoms with E-state index in [0.29, 0.717) is 16.9 Å². The fourth-order valence-corrected chi connectivity index (χ4v) is 4.28. The first-order chi connectivity index (χ1) is 13.3. The lowest BCUT2D eigenvalue weighted by Crippen LogP contribution is -2.16. The maximum absolute atomic E-state index is 12.3. The summed E-state index contributed by atoms with van der Waals surface area (Å²) in [6, 6.07) is 14.1. The summed E-state index contributed by atoms with van der Waals surface area (Å²) in [6.45, 7) is 0. The van der Waals surface area contributed by atoms with Crippen LogP contribution in [-0.2, 0) is 21.2 Å². The SMILES string of the molecule is NC(=O)c1ccc(NC(=O)Cc2csc(NS(=O)(=O)c3ccccc3)n2)cc1. The number of nitrogens with zero attached hydrogens (tertiary/aromatic N) is 1. The molecule has 28 heavy (non-hydrogen) atoms. The normalized spacial score (nSPS) is 11.0. The van der Waals surface area contributed by atoms with E-state index in [2.05, 4.69) is 15.0 Å². The molecule has 2 amide bonds. The highest BCUT2D eigenvalue weighted by atomic mass is 32.2. The van der Waals surface area contributed by atoms with Crippen molar-refractivity contribution in [3.63, 3.8) is 0 Å². The standard InChI is InChI=1S/C18H16N4O4S2/c19-17(24)12-6-8-13(9-7-12)20-16(23)10-14-11-27-18(21-14)22-28(25,26)15-4-2-1-3-5-15/h1-9,11H,10H2,(H2,19,24)(H,20,23)(H,21,22). The van der Waals surface area contributed by atoms with Crippen molar-refractivity contribution in [3.05, 3.63) is 71.2 Å². The van der Waals surface area contributed by atoms with Crippen molar-refractivity contribution < 1.29 is 18.0 Å². The van der Waals surface area contributed by atoms with Crippen LogP contribution < -0.4 is 15.8 Å². The number of nitrogens with one attached hydrogen (secondary N) is 2. The Kier molecular flexibility index (Phi) is 5.71. The molecule has 0 aliphatic heterocycles. The van der Waals surface area contributed by atoms with Gasteiger partial charge < -0.3 is 11.1 Å². The van der Waals surface area contributed by atoms with E-state index >= 15 is 0 Å². The van der Waals surface area contributed by atoms with Crippen LogP contribution in [0.2, 0.25) is 0 Å². The molecule has 3 rings (SSSR count). The van der Waals surface area contributed by atoms with Crippen molar-refractivity contribution in [1.29, 1.82) is 0 Å². The van der Waals surface area contributed by atoms with E-state index in [9.17, 15) is 18.0 Å². The molecular formula is C18H16N4O4S2. The highest BCUT2D eigenvalue weighted by Gasteiger charge is 2.16. The van der Waals surface area contributed by atoms with E-state index in [1.54, 1.807) is 35.7 Å². The first-order valence-corrected chi connectivity index (χ1v) is 10.4. The highest BCUT2D eigenvalue weighted by Crippen LogP contribution is 2.20. The number of carbonyl (C=O) groups excluding carboxylic acids is 2. The van der Waals surface area contributed by atoms with Crippen LogP contribution in [0, 0.1) is 0 Å². The Balaban J connectivity index is 1.61. The van der Waals surface area contributed by atoms with Gasteiger partial charge in [-0.05, 0) is 36.4 Å². The molecule has 3 aromatic rings. The fraction of sp³-hybridized carbons (Fsp3) is 0.0556. The minimum absolute atomic E-state index is 0.0267. The fourth-order valence-electron chi connectivity index (χ4n) is 2.30. The van der Waals surface area contributed by atoms with Gasteiger partial charge in [0.2, 0.25) is 11.8 Å². The summed E-state index contributed by atoms with van der Waals surface area (Å²) in [5.74, 6) is -0.875. The number of nitrogens with two attached hydrogens (primary N) is 1. The molecule has 0 aliphatic carbocycles. The number of aromatic nitrogens is 1. The summed E-state index contributed by atoms with van der Waals surface area (Å²) < 4.78 is 27.0. The molecule has 2 aromatic carbocycles. The van der Waals surface area contributed by atoms with Crippen molar-refractivity contribution in [3.8, 4) is 0 Å². The molecule has 0 radical (unpaired) electrons. The van der Waals surface area contributed by atoms with Crippen LogP contribution in [-0.4, -0.2) is 25.2 Å². The molecule has 0 saturated carbocycles. The van der Waals surface area contributed by atoms with Gasteiger partial charge in [-0.25, -0.2) is 13.4 Å². The number of thiazole rings is 1. The average molecular weight is 416 g/mol. The van der Waals surface area contributed by atoms with Gasteiger partial charge in [0, 0.05) is 16.6 Å². The second-order valence-electron chi connectivity index (χ2n) is 5.73. The van der Waals surface area contributed by atoms with Crippen LogP contribution >= 0.6 is 11.3 Å². The van der Waals surface area contributed by atoms with E-state index in [4.69, 9.17) is 5.73 Å². The Morgan fingerprint density at radius 2 is 1.71 bits per heavy atom. The Hall–Kier alpha value is -3.24. The molecule has 0 spiro atoms. The number of anilines is 2. The van der Waals surface area contributed by atoms with Gasteiger partial charge in [-0.15, -0.1) is 11.3 Å². The second kappa shape index (κ2) is 8.19. The van der Waals surface area contributed by atoms with Crippen molar-refractivity contribution >= 4 is 44.0 Å². The number of sulfonamides is 1. The van der Waals surface area contributed by atoms with E-state index in [1.165, 1.54) is 24.3 Å². The highest BCUT2D eigenvalue weighted by molar-refractivity contribution is 7.93. The van der Waals surface area contributed by atoms with Crippen LogP contribution in [0.15, 0.2) is 64.9 Å². The van der Waals surface area contributed by atoms with Crippen LogP contribution in [0.4, 0.5) is 10.8 Å². The first-order valence-electron chi connectivity index (χ1n) is 8.05. The number of benzene rings is 2. The maximum atomic E-state index is 12.3. The summed E-state index contributed by atoms with van der Waals surface area (Å²) in [7, 11) is -3.73. The number of amides is 2. The van der Waals surface area contributed by atoms with Gasteiger partial charge in [-0.3, -0.25) is 14.3 Å². The van der Waals surface area contributed by atoms with Gasteiger partial charge in [0.1, 0.15) is 0 Å². The molecular weight excluding hydrogens is 400 g/mol. The lowest BCUT2D eigenvalue weighted by Gasteiger charge is -2.05. The van der Waals surface area contributed by atoms with Crippen molar-refractivity contribution in [1.82, 2.24) is 4.98 Å². The number of primary amides is 1.